The molecule has 82 heavy (non-hydrogen) atoms. The topological polar surface area (TPSA) is 15.3 Å². The summed E-state index contributed by atoms with van der Waals surface area (Å²) in [6.45, 7) is 4.43. The lowest BCUT2D eigenvalue weighted by molar-refractivity contribution is 0.767. The lowest BCUT2D eigenvalue weighted by atomic mass is 9.67. The minimum atomic E-state index is -0.629. The molecule has 0 atom stereocenters. The molecule has 0 aliphatic heterocycles. The highest BCUT2D eigenvalue weighted by Gasteiger charge is 2.48. The van der Waals surface area contributed by atoms with Crippen LogP contribution in [0.3, 0.4) is 0 Å². The van der Waals surface area contributed by atoms with E-state index in [0.717, 1.165) is 33.6 Å². The van der Waals surface area contributed by atoms with Crippen LogP contribution in [-0.2, 0) is 10.8 Å². The summed E-state index contributed by atoms with van der Waals surface area (Å²) in [5, 5.41) is 9.80. The number of rotatable bonds is 10. The Balaban J connectivity index is 1.03. The molecule has 0 amide bonds. The van der Waals surface area contributed by atoms with E-state index in [1.807, 2.05) is 0 Å². The zero-order valence-electron chi connectivity index (χ0n) is 45.7. The Hall–Kier alpha value is -10.3. The quantitative estimate of drug-likeness (QED) is 0.108. The molecule has 2 aliphatic carbocycles. The number of hydrogen-bond acceptors (Lipinski definition) is 2. The molecule has 1 N–H and O–H groups in total. The van der Waals surface area contributed by atoms with Crippen LogP contribution in [0.2, 0.25) is 0 Å². The van der Waals surface area contributed by atoms with Crippen LogP contribution in [0.25, 0.3) is 76.8 Å². The molecule has 0 bridgehead atoms. The van der Waals surface area contributed by atoms with Crippen molar-refractivity contribution in [1.82, 2.24) is 0 Å². The van der Waals surface area contributed by atoms with Crippen LogP contribution in [0.1, 0.15) is 55.6 Å². The zero-order valence-corrected chi connectivity index (χ0v) is 45.7. The van der Waals surface area contributed by atoms with Crippen molar-refractivity contribution in [3.05, 3.63) is 353 Å². The van der Waals surface area contributed by atoms with Gasteiger partial charge < -0.3 is 0 Å². The fourth-order valence-corrected chi connectivity index (χ4v) is 14.8. The molecule has 0 radical (unpaired) electrons. The first kappa shape index (κ1) is 47.7. The average Bonchev–Trinajstić information content (AvgIpc) is 2.50. The molecule has 0 fully saturated rings. The van der Waals surface area contributed by atoms with Crippen molar-refractivity contribution in [2.45, 2.75) is 24.7 Å². The summed E-state index contributed by atoms with van der Waals surface area (Å²) < 4.78 is 0. The Morgan fingerprint density at radius 2 is 0.732 bits per heavy atom. The SMILES string of the molecule is Cc1cccc(-c2c(-c3cccc(C)c3)c3ccc4cccc5ccc(c2N(Nc2cccc(C6(c7ccccc7)c7ccccc7-c7ccccc76)c2)c2cccc(C6(c7ccccc7)c7ccccc7-c7ccccc76)c2)c3c45)c1. The van der Waals surface area contributed by atoms with Crippen molar-refractivity contribution in [2.24, 2.45) is 0 Å². The third-order valence-corrected chi connectivity index (χ3v) is 18.0. The first-order chi connectivity index (χ1) is 40.5. The van der Waals surface area contributed by atoms with Gasteiger partial charge in [0.15, 0.2) is 0 Å². The summed E-state index contributed by atoms with van der Waals surface area (Å²) in [4.78, 5) is 0. The number of aryl methyl sites for hydroxylation is 2. The van der Waals surface area contributed by atoms with Crippen LogP contribution in [0.5, 0.6) is 0 Å². The fourth-order valence-electron chi connectivity index (χ4n) is 14.8. The van der Waals surface area contributed by atoms with Gasteiger partial charge in [0.1, 0.15) is 0 Å². The average molecular weight is 1050 g/mol. The van der Waals surface area contributed by atoms with Gasteiger partial charge in [-0.2, -0.15) is 0 Å². The largest absolute Gasteiger partial charge is 0.294 e. The van der Waals surface area contributed by atoms with E-state index in [2.05, 4.69) is 322 Å². The number of fused-ring (bicyclic) bond motifs is 6. The minimum Gasteiger partial charge on any atom is -0.294 e. The molecular formula is C80H56N2. The predicted molar refractivity (Wildman–Crippen MR) is 344 cm³/mol. The first-order valence-electron chi connectivity index (χ1n) is 28.7. The molecule has 0 heterocycles. The number of hydrazine groups is 1. The second kappa shape index (κ2) is 18.7. The van der Waals surface area contributed by atoms with Crippen LogP contribution in [-0.4, -0.2) is 0 Å². The van der Waals surface area contributed by atoms with Crippen molar-refractivity contribution in [3.63, 3.8) is 0 Å². The Bertz CT molecular complexity index is 4710. The van der Waals surface area contributed by atoms with Gasteiger partial charge >= 0.3 is 0 Å². The molecule has 2 aliphatic rings. The van der Waals surface area contributed by atoms with Gasteiger partial charge in [-0.1, -0.05) is 284 Å². The van der Waals surface area contributed by atoms with Gasteiger partial charge in [-0.25, -0.2) is 0 Å². The normalized spacial score (nSPS) is 13.4. The first-order valence-corrected chi connectivity index (χ1v) is 28.7. The smallest absolute Gasteiger partial charge is 0.0794 e. The maximum atomic E-state index is 4.32. The highest BCUT2D eigenvalue weighted by molar-refractivity contribution is 6.31. The molecule has 0 saturated carbocycles. The van der Waals surface area contributed by atoms with E-state index < -0.39 is 10.8 Å². The molecule has 0 unspecified atom stereocenters. The molecule has 16 rings (SSSR count). The van der Waals surface area contributed by atoms with E-state index >= 15 is 0 Å². The van der Waals surface area contributed by atoms with Gasteiger partial charge in [-0.15, -0.1) is 0 Å². The third kappa shape index (κ3) is 6.95. The number of anilines is 3. The summed E-state index contributed by atoms with van der Waals surface area (Å²) in [7, 11) is 0. The van der Waals surface area contributed by atoms with Crippen LogP contribution >= 0.6 is 0 Å². The highest BCUT2D eigenvalue weighted by atomic mass is 15.5. The minimum absolute atomic E-state index is 0.597. The number of benzene rings is 14. The van der Waals surface area contributed by atoms with Crippen molar-refractivity contribution in [1.29, 1.82) is 0 Å². The van der Waals surface area contributed by atoms with Gasteiger partial charge in [-0.05, 0) is 143 Å². The van der Waals surface area contributed by atoms with E-state index in [1.165, 1.54) is 116 Å². The lowest BCUT2D eigenvalue weighted by Gasteiger charge is -2.37. The summed E-state index contributed by atoms with van der Waals surface area (Å²) in [6, 6.07) is 112. The van der Waals surface area contributed by atoms with Crippen LogP contribution < -0.4 is 10.4 Å². The molecule has 2 heteroatoms. The van der Waals surface area contributed by atoms with Gasteiger partial charge in [0.25, 0.3) is 0 Å². The van der Waals surface area contributed by atoms with E-state index in [1.54, 1.807) is 0 Å². The van der Waals surface area contributed by atoms with E-state index in [9.17, 15) is 0 Å². The van der Waals surface area contributed by atoms with Crippen LogP contribution in [0.15, 0.2) is 297 Å². The Morgan fingerprint density at radius 3 is 1.26 bits per heavy atom. The number of nitrogens with one attached hydrogen (secondary N) is 1. The highest BCUT2D eigenvalue weighted by Crippen LogP contribution is 2.59. The standard InChI is InChI=1S/C80H56N2/c1-52-22-17-26-56(48-52)75-68-46-44-54-24-19-25-55-45-47-69(77(68)74(54)55)78(76(75)57-27-18-23-53(2)49-57)82(63-35-21-33-61(51-63)80(59-30-7-4-8-31-59)72-42-15-11-38-66(72)67-39-12-16-43-73(67)80)81-62-34-20-32-60(50-62)79(58-28-5-3-6-29-58)70-40-13-9-36-64(70)65-37-10-14-41-71(65)79/h3-51,81H,1-2H3. The molecule has 0 spiro atoms. The summed E-state index contributed by atoms with van der Waals surface area (Å²) in [6.07, 6.45) is 0. The third-order valence-electron chi connectivity index (χ3n) is 18.0. The number of nitrogens with zero attached hydrogens (tertiary/aromatic N) is 1. The van der Waals surface area contributed by atoms with Crippen LogP contribution in [0, 0.1) is 13.8 Å². The zero-order chi connectivity index (χ0) is 54.5. The Morgan fingerprint density at radius 1 is 0.305 bits per heavy atom. The van der Waals surface area contributed by atoms with Crippen molar-refractivity contribution in [3.8, 4) is 44.5 Å². The van der Waals surface area contributed by atoms with Crippen molar-refractivity contribution >= 4 is 49.4 Å². The van der Waals surface area contributed by atoms with Crippen molar-refractivity contribution < 1.29 is 0 Å². The number of hydrogen-bond donors (Lipinski definition) is 1. The lowest BCUT2D eigenvalue weighted by Crippen LogP contribution is -2.31. The summed E-state index contributed by atoms with van der Waals surface area (Å²) >= 11 is 0. The Labute approximate surface area is 479 Å². The summed E-state index contributed by atoms with van der Waals surface area (Å²) in [5.41, 5.74) is 28.2. The van der Waals surface area contributed by atoms with E-state index in [4.69, 9.17) is 0 Å². The second-order valence-electron chi connectivity index (χ2n) is 22.5. The predicted octanol–water partition coefficient (Wildman–Crippen LogP) is 20.4. The van der Waals surface area contributed by atoms with Gasteiger partial charge in [0, 0.05) is 16.3 Å². The summed E-state index contributed by atoms with van der Waals surface area (Å²) in [5.74, 6) is 0. The molecule has 386 valence electrons. The van der Waals surface area contributed by atoms with Crippen LogP contribution in [0.4, 0.5) is 17.1 Å². The molecular weight excluding hydrogens is 989 g/mol. The van der Waals surface area contributed by atoms with Gasteiger partial charge in [0.05, 0.1) is 27.9 Å². The van der Waals surface area contributed by atoms with E-state index in [-0.39, 0.29) is 0 Å². The van der Waals surface area contributed by atoms with Gasteiger partial charge in [-0.3, -0.25) is 10.4 Å². The van der Waals surface area contributed by atoms with Gasteiger partial charge in [0.2, 0.25) is 0 Å². The molecule has 14 aromatic rings. The maximum Gasteiger partial charge on any atom is 0.0794 e. The molecule has 0 aromatic heterocycles. The fraction of sp³-hybridized carbons (Fsp3) is 0.0500. The van der Waals surface area contributed by atoms with Crippen molar-refractivity contribution in [2.75, 3.05) is 10.4 Å². The molecule has 0 saturated heterocycles. The second-order valence-corrected chi connectivity index (χ2v) is 22.5. The molecule has 14 aromatic carbocycles. The molecule has 2 nitrogen and oxygen atoms in total. The Kier molecular flexibility index (Phi) is 10.9. The maximum absolute atomic E-state index is 4.32. The van der Waals surface area contributed by atoms with E-state index in [0.29, 0.717) is 0 Å². The monoisotopic (exact) mass is 1040 g/mol.